The number of rotatable bonds is 12. The Morgan fingerprint density at radius 1 is 0.738 bits per heavy atom. The summed E-state index contributed by atoms with van der Waals surface area (Å²) >= 11 is 0. The van der Waals surface area contributed by atoms with Crippen LogP contribution in [0.2, 0.25) is 5.04 Å². The average molecular weight is 585 g/mol. The molecule has 1 aliphatic heterocycles. The standard InChI is InChI=1S/C36H44O5Si/c1-28-40-31(22-23-37-27-38-25-30-16-13-15-29-14-11-12-21-35(29)30)24-32(41-28)26-39-42(36(2,3)4,33-17-7-5-8-18-33)34-19-9-6-10-20-34/h5-21,28,31-32H,22-27H2,1-4H3/t28-,31-,32-/m0/s1. The zero-order valence-electron chi connectivity index (χ0n) is 25.3. The molecule has 222 valence electrons. The van der Waals surface area contributed by atoms with Crippen LogP contribution in [0.5, 0.6) is 0 Å². The van der Waals surface area contributed by atoms with E-state index in [-0.39, 0.29) is 30.3 Å². The molecule has 42 heavy (non-hydrogen) atoms. The summed E-state index contributed by atoms with van der Waals surface area (Å²) in [6.45, 7) is 10.7. The van der Waals surface area contributed by atoms with Gasteiger partial charge in [0, 0.05) is 6.42 Å². The minimum Gasteiger partial charge on any atom is -0.405 e. The van der Waals surface area contributed by atoms with Crippen molar-refractivity contribution in [1.82, 2.24) is 0 Å². The first-order chi connectivity index (χ1) is 20.4. The minimum atomic E-state index is -2.63. The van der Waals surface area contributed by atoms with Gasteiger partial charge >= 0.3 is 0 Å². The zero-order valence-corrected chi connectivity index (χ0v) is 26.3. The van der Waals surface area contributed by atoms with E-state index in [0.717, 1.165) is 12.8 Å². The van der Waals surface area contributed by atoms with Gasteiger partial charge in [0.25, 0.3) is 8.32 Å². The number of fused-ring (bicyclic) bond motifs is 1. The van der Waals surface area contributed by atoms with Gasteiger partial charge in [0.05, 0.1) is 32.0 Å². The molecule has 1 saturated heterocycles. The SMILES string of the molecule is C[C@@H]1O[C@H](CO[Si](c2ccccc2)(c2ccccc2)C(C)(C)C)C[C@H](CCOCOCc2cccc3ccccc23)O1. The van der Waals surface area contributed by atoms with Gasteiger partial charge in [-0.3, -0.25) is 0 Å². The van der Waals surface area contributed by atoms with E-state index in [2.05, 4.69) is 124 Å². The predicted octanol–water partition coefficient (Wildman–Crippen LogP) is 6.82. The number of ether oxygens (including phenoxy) is 4. The Morgan fingerprint density at radius 2 is 1.36 bits per heavy atom. The van der Waals surface area contributed by atoms with Crippen LogP contribution in [0.3, 0.4) is 0 Å². The van der Waals surface area contributed by atoms with E-state index in [9.17, 15) is 0 Å². The summed E-state index contributed by atoms with van der Waals surface area (Å²) in [6.07, 6.45) is 1.24. The lowest BCUT2D eigenvalue weighted by Crippen LogP contribution is -2.67. The van der Waals surface area contributed by atoms with Gasteiger partial charge < -0.3 is 23.4 Å². The summed E-state index contributed by atoms with van der Waals surface area (Å²) in [7, 11) is -2.63. The summed E-state index contributed by atoms with van der Waals surface area (Å²) in [4.78, 5) is 0. The third-order valence-electron chi connectivity index (χ3n) is 8.08. The summed E-state index contributed by atoms with van der Waals surface area (Å²) in [5.74, 6) is 0. The first-order valence-electron chi connectivity index (χ1n) is 15.0. The quantitative estimate of drug-likeness (QED) is 0.104. The maximum atomic E-state index is 7.14. The molecule has 0 unspecified atom stereocenters. The molecule has 4 aromatic rings. The maximum absolute atomic E-state index is 7.14. The molecule has 0 radical (unpaired) electrons. The molecule has 4 aromatic carbocycles. The van der Waals surface area contributed by atoms with E-state index in [4.69, 9.17) is 23.4 Å². The molecular formula is C36H44O5Si. The number of benzene rings is 4. The molecule has 0 amide bonds. The highest BCUT2D eigenvalue weighted by Crippen LogP contribution is 2.37. The average Bonchev–Trinajstić information content (AvgIpc) is 2.99. The van der Waals surface area contributed by atoms with Gasteiger partial charge in [-0.25, -0.2) is 0 Å². The monoisotopic (exact) mass is 584 g/mol. The maximum Gasteiger partial charge on any atom is 0.261 e. The first-order valence-corrected chi connectivity index (χ1v) is 17.0. The molecular weight excluding hydrogens is 540 g/mol. The fourth-order valence-corrected chi connectivity index (χ4v) is 10.7. The van der Waals surface area contributed by atoms with Gasteiger partial charge in [0.1, 0.15) is 6.79 Å². The van der Waals surface area contributed by atoms with Crippen molar-refractivity contribution in [3.05, 3.63) is 109 Å². The summed E-state index contributed by atoms with van der Waals surface area (Å²) < 4.78 is 31.2. The van der Waals surface area contributed by atoms with Crippen LogP contribution in [0.25, 0.3) is 10.8 Å². The van der Waals surface area contributed by atoms with Crippen molar-refractivity contribution < 1.29 is 23.4 Å². The van der Waals surface area contributed by atoms with Crippen LogP contribution >= 0.6 is 0 Å². The largest absolute Gasteiger partial charge is 0.405 e. The van der Waals surface area contributed by atoms with Crippen LogP contribution in [0.1, 0.15) is 46.1 Å². The van der Waals surface area contributed by atoms with E-state index in [1.807, 2.05) is 6.92 Å². The van der Waals surface area contributed by atoms with E-state index in [1.165, 1.54) is 26.7 Å². The minimum absolute atomic E-state index is 0.0413. The molecule has 1 heterocycles. The molecule has 0 aromatic heterocycles. The van der Waals surface area contributed by atoms with Gasteiger partial charge in [-0.1, -0.05) is 124 Å². The third kappa shape index (κ3) is 7.20. The van der Waals surface area contributed by atoms with Crippen molar-refractivity contribution in [2.24, 2.45) is 0 Å². The van der Waals surface area contributed by atoms with E-state index >= 15 is 0 Å². The van der Waals surface area contributed by atoms with Crippen LogP contribution in [-0.4, -0.2) is 46.8 Å². The Balaban J connectivity index is 1.16. The van der Waals surface area contributed by atoms with Crippen molar-refractivity contribution in [1.29, 1.82) is 0 Å². The van der Waals surface area contributed by atoms with Crippen molar-refractivity contribution in [2.45, 2.75) is 70.7 Å². The van der Waals surface area contributed by atoms with Crippen LogP contribution in [0.4, 0.5) is 0 Å². The molecule has 0 spiro atoms. The van der Waals surface area contributed by atoms with E-state index < -0.39 is 8.32 Å². The Labute approximate surface area is 251 Å². The predicted molar refractivity (Wildman–Crippen MR) is 172 cm³/mol. The van der Waals surface area contributed by atoms with Gasteiger partial charge in [-0.2, -0.15) is 0 Å². The summed E-state index contributed by atoms with van der Waals surface area (Å²) in [6, 6.07) is 36.2. The van der Waals surface area contributed by atoms with E-state index in [1.54, 1.807) is 0 Å². The Kier molecular flexibility index (Phi) is 10.3. The van der Waals surface area contributed by atoms with Crippen LogP contribution in [0, 0.1) is 0 Å². The van der Waals surface area contributed by atoms with Gasteiger partial charge in [-0.15, -0.1) is 0 Å². The molecule has 1 aliphatic rings. The Bertz CT molecular complexity index is 1340. The van der Waals surface area contributed by atoms with E-state index in [0.29, 0.717) is 19.8 Å². The highest BCUT2D eigenvalue weighted by molar-refractivity contribution is 6.99. The second-order valence-electron chi connectivity index (χ2n) is 12.1. The zero-order chi connectivity index (χ0) is 29.4. The third-order valence-corrected chi connectivity index (χ3v) is 13.1. The molecule has 3 atom stereocenters. The Hall–Kier alpha value is -2.84. The lowest BCUT2D eigenvalue weighted by Gasteiger charge is -2.44. The van der Waals surface area contributed by atoms with Gasteiger partial charge in [0.2, 0.25) is 0 Å². The second kappa shape index (κ2) is 14.1. The Morgan fingerprint density at radius 3 is 2.05 bits per heavy atom. The summed E-state index contributed by atoms with van der Waals surface area (Å²) in [5, 5.41) is 4.91. The smallest absolute Gasteiger partial charge is 0.261 e. The number of hydrogen-bond donors (Lipinski definition) is 0. The topological polar surface area (TPSA) is 46.2 Å². The molecule has 6 heteroatoms. The van der Waals surface area contributed by atoms with Crippen molar-refractivity contribution >= 4 is 29.5 Å². The first kappa shape index (κ1) is 30.6. The van der Waals surface area contributed by atoms with Crippen molar-refractivity contribution in [3.8, 4) is 0 Å². The molecule has 5 nitrogen and oxygen atoms in total. The van der Waals surface area contributed by atoms with Crippen molar-refractivity contribution in [3.63, 3.8) is 0 Å². The molecule has 5 rings (SSSR count). The highest BCUT2D eigenvalue weighted by Gasteiger charge is 2.50. The second-order valence-corrected chi connectivity index (χ2v) is 16.4. The van der Waals surface area contributed by atoms with Crippen LogP contribution in [0.15, 0.2) is 103 Å². The number of hydrogen-bond acceptors (Lipinski definition) is 5. The van der Waals surface area contributed by atoms with Crippen molar-refractivity contribution in [2.75, 3.05) is 20.0 Å². The van der Waals surface area contributed by atoms with Gasteiger partial charge in [-0.05, 0) is 45.1 Å². The lowest BCUT2D eigenvalue weighted by atomic mass is 10.1. The molecule has 0 aliphatic carbocycles. The van der Waals surface area contributed by atoms with Crippen LogP contribution in [-0.2, 0) is 30.0 Å². The molecule has 0 N–H and O–H groups in total. The lowest BCUT2D eigenvalue weighted by molar-refractivity contribution is -0.242. The normalized spacial score (nSPS) is 19.7. The molecule has 0 bridgehead atoms. The molecule has 1 fully saturated rings. The fraction of sp³-hybridized carbons (Fsp3) is 0.389. The highest BCUT2D eigenvalue weighted by atomic mass is 28.4. The van der Waals surface area contributed by atoms with Crippen LogP contribution < -0.4 is 10.4 Å². The summed E-state index contributed by atoms with van der Waals surface area (Å²) in [5.41, 5.74) is 1.17. The van der Waals surface area contributed by atoms with Gasteiger partial charge in [0.15, 0.2) is 6.29 Å². The fourth-order valence-electron chi connectivity index (χ4n) is 6.15. The molecule has 0 saturated carbocycles.